The molecule has 0 saturated carbocycles. The highest BCUT2D eigenvalue weighted by Crippen LogP contribution is 2.19. The maximum Gasteiger partial charge on any atom is 0.410 e. The van der Waals surface area contributed by atoms with Crippen LogP contribution in [0.3, 0.4) is 0 Å². The van der Waals surface area contributed by atoms with Crippen molar-refractivity contribution in [1.29, 1.82) is 0 Å². The lowest BCUT2D eigenvalue weighted by Crippen LogP contribution is -2.48. The number of Topliss-reactive ketones (excluding diaryl/α,β-unsaturated/α-hetero) is 2. The first-order valence-corrected chi connectivity index (χ1v) is 13.1. The molecule has 11 heteroatoms. The van der Waals surface area contributed by atoms with Crippen molar-refractivity contribution >= 4 is 42.0 Å². The van der Waals surface area contributed by atoms with E-state index in [1.165, 1.54) is 10.5 Å². The largest absolute Gasteiger partial charge is 0.465 e. The quantitative estimate of drug-likeness (QED) is 0.289. The first-order valence-electron chi connectivity index (χ1n) is 13.1. The molecule has 10 nitrogen and oxygen atoms in total. The minimum absolute atomic E-state index is 0. The molecule has 218 valence electrons. The van der Waals surface area contributed by atoms with Gasteiger partial charge in [-0.05, 0) is 53.0 Å². The van der Waals surface area contributed by atoms with Gasteiger partial charge in [0.1, 0.15) is 17.4 Å². The Bertz CT molecular complexity index is 980. The van der Waals surface area contributed by atoms with Crippen LogP contribution in [0.1, 0.15) is 53.0 Å². The molecule has 0 aromatic heterocycles. The molecular weight excluding hydrogens is 528 g/mol. The van der Waals surface area contributed by atoms with E-state index >= 15 is 0 Å². The first kappa shape index (κ1) is 34.0. The Balaban J connectivity index is 0.000000380. The van der Waals surface area contributed by atoms with E-state index in [0.29, 0.717) is 26.1 Å². The van der Waals surface area contributed by atoms with Crippen LogP contribution in [0.5, 0.6) is 0 Å². The Morgan fingerprint density at radius 2 is 1.36 bits per heavy atom. The molecule has 2 aliphatic heterocycles. The van der Waals surface area contributed by atoms with Crippen molar-refractivity contribution in [1.82, 2.24) is 9.80 Å². The van der Waals surface area contributed by atoms with Gasteiger partial charge in [0.05, 0.1) is 26.3 Å². The summed E-state index contributed by atoms with van der Waals surface area (Å²) in [6.07, 6.45) is 0.324. The van der Waals surface area contributed by atoms with Crippen LogP contribution in [0.25, 0.3) is 0 Å². The molecule has 3 rings (SSSR count). The number of carbonyl (C=O) groups is 5. The van der Waals surface area contributed by atoms with Gasteiger partial charge in [0, 0.05) is 19.6 Å². The number of rotatable bonds is 6. The molecule has 2 aliphatic rings. The van der Waals surface area contributed by atoms with Crippen molar-refractivity contribution in [3.05, 3.63) is 35.9 Å². The highest BCUT2D eigenvalue weighted by atomic mass is 35.5. The summed E-state index contributed by atoms with van der Waals surface area (Å²) in [6.45, 7) is 11.4. The van der Waals surface area contributed by atoms with Crippen molar-refractivity contribution < 1.29 is 38.2 Å². The van der Waals surface area contributed by atoms with Crippen LogP contribution in [-0.2, 0) is 39.9 Å². The molecule has 39 heavy (non-hydrogen) atoms. The van der Waals surface area contributed by atoms with Crippen LogP contribution in [-0.4, -0.2) is 84.4 Å². The Hall–Kier alpha value is -2.98. The molecule has 2 atom stereocenters. The first-order chi connectivity index (χ1) is 17.9. The number of esters is 2. The minimum Gasteiger partial charge on any atom is -0.465 e. The Morgan fingerprint density at radius 3 is 1.82 bits per heavy atom. The smallest absolute Gasteiger partial charge is 0.410 e. The summed E-state index contributed by atoms with van der Waals surface area (Å²) in [6, 6.07) is 10.0. The van der Waals surface area contributed by atoms with Gasteiger partial charge >= 0.3 is 18.0 Å². The van der Waals surface area contributed by atoms with E-state index in [9.17, 15) is 24.0 Å². The van der Waals surface area contributed by atoms with E-state index in [0.717, 1.165) is 13.1 Å². The van der Waals surface area contributed by atoms with E-state index in [1.54, 1.807) is 34.6 Å². The van der Waals surface area contributed by atoms with Gasteiger partial charge in [-0.3, -0.25) is 24.1 Å². The topological polar surface area (TPSA) is 120 Å². The van der Waals surface area contributed by atoms with Crippen LogP contribution in [0.2, 0.25) is 0 Å². The standard InChI is InChI=1S/C15H19NO3.C13H21NO5.ClH/c1-2-19-15(18)13-8-9-16(11-14(13)17)10-12-6-4-3-5-7-12;1-5-18-11(16)9-6-7-14(8-10(9)15)12(17)19-13(2,3)4;/h3-7,13H,2,8-11H2,1H3;9H,5-8H2,1-4H3;1H. The molecule has 0 aliphatic carbocycles. The molecule has 0 spiro atoms. The van der Waals surface area contributed by atoms with E-state index in [1.807, 2.05) is 30.3 Å². The number of amides is 1. The summed E-state index contributed by atoms with van der Waals surface area (Å²) in [4.78, 5) is 62.2. The van der Waals surface area contributed by atoms with Crippen molar-refractivity contribution in [3.8, 4) is 0 Å². The Kier molecular flexibility index (Phi) is 14.1. The zero-order chi connectivity index (χ0) is 28.3. The highest BCUT2D eigenvalue weighted by Gasteiger charge is 2.36. The second-order valence-electron chi connectivity index (χ2n) is 10.2. The predicted octanol–water partition coefficient (Wildman–Crippen LogP) is 3.44. The zero-order valence-corrected chi connectivity index (χ0v) is 24.3. The van der Waals surface area contributed by atoms with Gasteiger partial charge in [-0.15, -0.1) is 12.4 Å². The van der Waals surface area contributed by atoms with Crippen LogP contribution in [0.15, 0.2) is 30.3 Å². The lowest BCUT2D eigenvalue weighted by molar-refractivity contribution is -0.155. The molecule has 1 aromatic rings. The molecule has 0 radical (unpaired) electrons. The third-order valence-electron chi connectivity index (χ3n) is 5.97. The summed E-state index contributed by atoms with van der Waals surface area (Å²) >= 11 is 0. The number of carbonyl (C=O) groups excluding carboxylic acids is 5. The van der Waals surface area contributed by atoms with E-state index in [4.69, 9.17) is 14.2 Å². The number of halogens is 1. The molecule has 0 N–H and O–H groups in total. The molecule has 1 aromatic carbocycles. The fourth-order valence-electron chi connectivity index (χ4n) is 4.15. The van der Waals surface area contributed by atoms with Crippen molar-refractivity contribution in [2.45, 2.75) is 59.6 Å². The van der Waals surface area contributed by atoms with Crippen LogP contribution >= 0.6 is 12.4 Å². The average molecular weight is 569 g/mol. The number of nitrogens with zero attached hydrogens (tertiary/aromatic N) is 2. The Labute approximate surface area is 236 Å². The molecule has 1 amide bonds. The van der Waals surface area contributed by atoms with Crippen LogP contribution in [0, 0.1) is 11.8 Å². The normalized spacial score (nSPS) is 19.7. The third kappa shape index (κ3) is 11.3. The number of likely N-dealkylation sites (tertiary alicyclic amines) is 2. The molecule has 2 fully saturated rings. The van der Waals surface area contributed by atoms with Gasteiger partial charge in [-0.25, -0.2) is 4.79 Å². The summed E-state index contributed by atoms with van der Waals surface area (Å²) in [5, 5.41) is 0. The van der Waals surface area contributed by atoms with Crippen molar-refractivity contribution in [2.24, 2.45) is 11.8 Å². The molecule has 2 saturated heterocycles. The Morgan fingerprint density at radius 1 is 0.846 bits per heavy atom. The van der Waals surface area contributed by atoms with Gasteiger partial charge < -0.3 is 19.1 Å². The fourth-order valence-corrected chi connectivity index (χ4v) is 4.15. The molecule has 0 bridgehead atoms. The van der Waals surface area contributed by atoms with E-state index in [-0.39, 0.29) is 49.5 Å². The summed E-state index contributed by atoms with van der Waals surface area (Å²) < 4.78 is 14.9. The SMILES string of the molecule is CCOC(=O)C1CCN(C(=O)OC(C)(C)C)CC1=O.CCOC(=O)C1CCN(Cc2ccccc2)CC1=O.Cl. The lowest BCUT2D eigenvalue weighted by atomic mass is 9.95. The number of hydrogen-bond donors (Lipinski definition) is 0. The van der Waals surface area contributed by atoms with Crippen molar-refractivity contribution in [3.63, 3.8) is 0 Å². The summed E-state index contributed by atoms with van der Waals surface area (Å²) in [5.41, 5.74) is 0.586. The highest BCUT2D eigenvalue weighted by molar-refractivity contribution is 6.01. The van der Waals surface area contributed by atoms with E-state index in [2.05, 4.69) is 4.90 Å². The minimum atomic E-state index is -0.751. The number of ketones is 2. The van der Waals surface area contributed by atoms with Gasteiger partial charge in [-0.2, -0.15) is 0 Å². The maximum absolute atomic E-state index is 12.0. The summed E-state index contributed by atoms with van der Waals surface area (Å²) in [5.74, 6) is -2.51. The number of benzene rings is 1. The van der Waals surface area contributed by atoms with E-state index < -0.39 is 29.5 Å². The fraction of sp³-hybridized carbons (Fsp3) is 0.607. The van der Waals surface area contributed by atoms with Gasteiger partial charge in [0.2, 0.25) is 0 Å². The zero-order valence-electron chi connectivity index (χ0n) is 23.5. The molecule has 2 heterocycles. The monoisotopic (exact) mass is 568 g/mol. The maximum atomic E-state index is 12.0. The third-order valence-corrected chi connectivity index (χ3v) is 5.97. The number of ether oxygens (including phenoxy) is 3. The van der Waals surface area contributed by atoms with Crippen LogP contribution < -0.4 is 0 Å². The molecule has 2 unspecified atom stereocenters. The predicted molar refractivity (Wildman–Crippen MR) is 146 cm³/mol. The average Bonchev–Trinajstić information content (AvgIpc) is 2.84. The van der Waals surface area contributed by atoms with Gasteiger partial charge in [0.15, 0.2) is 11.6 Å². The molecular formula is C28H41ClN2O8. The van der Waals surface area contributed by atoms with Gasteiger partial charge in [0.25, 0.3) is 0 Å². The van der Waals surface area contributed by atoms with Crippen molar-refractivity contribution in [2.75, 3.05) is 39.4 Å². The second-order valence-corrected chi connectivity index (χ2v) is 10.2. The van der Waals surface area contributed by atoms with Crippen LogP contribution in [0.4, 0.5) is 4.79 Å². The number of hydrogen-bond acceptors (Lipinski definition) is 9. The second kappa shape index (κ2) is 16.2. The number of piperidine rings is 2. The summed E-state index contributed by atoms with van der Waals surface area (Å²) in [7, 11) is 0. The lowest BCUT2D eigenvalue weighted by Gasteiger charge is -2.31. The van der Waals surface area contributed by atoms with Gasteiger partial charge in [-0.1, -0.05) is 30.3 Å².